The maximum atomic E-state index is 13.9. The van der Waals surface area contributed by atoms with Crippen molar-refractivity contribution >= 4 is 28.0 Å². The molecule has 1 aliphatic heterocycles. The van der Waals surface area contributed by atoms with E-state index in [9.17, 15) is 18.0 Å². The maximum Gasteiger partial charge on any atom is 0.328 e. The summed E-state index contributed by atoms with van der Waals surface area (Å²) in [4.78, 5) is 30.7. The Balaban J connectivity index is 1.56. The monoisotopic (exact) mass is 457 g/mol. The molecule has 4 heterocycles. The molecule has 0 atom stereocenters. The molecule has 1 saturated heterocycles. The van der Waals surface area contributed by atoms with Crippen LogP contribution in [0.1, 0.15) is 38.6 Å². The molecule has 0 amide bonds. The number of hydrogen-bond donors (Lipinski definition) is 1. The van der Waals surface area contributed by atoms with E-state index < -0.39 is 24.8 Å². The number of rotatable bonds is 3. The van der Waals surface area contributed by atoms with Crippen molar-refractivity contribution in [1.29, 1.82) is 0 Å². The Morgan fingerprint density at radius 3 is 2.61 bits per heavy atom. The van der Waals surface area contributed by atoms with Crippen molar-refractivity contribution in [2.24, 2.45) is 5.92 Å². The highest BCUT2D eigenvalue weighted by Gasteiger charge is 2.45. The molecule has 0 unspecified atom stereocenters. The minimum absolute atomic E-state index is 0.0344. The smallest absolute Gasteiger partial charge is 0.328 e. The highest BCUT2D eigenvalue weighted by Crippen LogP contribution is 2.37. The van der Waals surface area contributed by atoms with E-state index in [4.69, 9.17) is 0 Å². The molecular formula is C22H22F3N7O. The number of anilines is 1. The van der Waals surface area contributed by atoms with Gasteiger partial charge in [-0.05, 0) is 43.7 Å². The summed E-state index contributed by atoms with van der Waals surface area (Å²) in [7, 11) is 0. The van der Waals surface area contributed by atoms with Gasteiger partial charge >= 0.3 is 5.69 Å². The number of hydrogen-bond acceptors (Lipinski definition) is 5. The average Bonchev–Trinajstić information content (AvgIpc) is 3.32. The summed E-state index contributed by atoms with van der Waals surface area (Å²) in [6.45, 7) is 1.21. The fourth-order valence-corrected chi connectivity index (χ4v) is 4.95. The summed E-state index contributed by atoms with van der Waals surface area (Å²) in [6, 6.07) is 4.14. The van der Waals surface area contributed by atoms with Gasteiger partial charge in [0.2, 0.25) is 5.95 Å². The minimum Gasteiger partial charge on any atom is -0.342 e. The number of imidazole rings is 2. The molecule has 8 nitrogen and oxygen atoms in total. The van der Waals surface area contributed by atoms with Crippen LogP contribution in [0.2, 0.25) is 0 Å². The molecule has 4 aromatic rings. The first-order valence-corrected chi connectivity index (χ1v) is 11.1. The quantitative estimate of drug-likeness (QED) is 0.506. The highest BCUT2D eigenvalue weighted by atomic mass is 19.3. The van der Waals surface area contributed by atoms with Gasteiger partial charge in [0.15, 0.2) is 11.5 Å². The number of alkyl halides is 2. The summed E-state index contributed by atoms with van der Waals surface area (Å²) in [6.07, 6.45) is 5.14. The predicted octanol–water partition coefficient (Wildman–Crippen LogP) is 3.80. The zero-order valence-electron chi connectivity index (χ0n) is 17.9. The Hall–Kier alpha value is -3.37. The lowest BCUT2D eigenvalue weighted by Crippen LogP contribution is -2.56. The molecule has 0 spiro atoms. The molecular weight excluding hydrogens is 435 g/mol. The van der Waals surface area contributed by atoms with Gasteiger partial charge < -0.3 is 9.88 Å². The van der Waals surface area contributed by atoms with Crippen molar-refractivity contribution in [3.05, 3.63) is 40.8 Å². The van der Waals surface area contributed by atoms with Crippen LogP contribution in [0.5, 0.6) is 0 Å². The number of fused-ring (bicyclic) bond motifs is 2. The topological polar surface area (TPSA) is 84.6 Å². The van der Waals surface area contributed by atoms with Crippen LogP contribution in [0.3, 0.4) is 0 Å². The molecule has 1 N–H and O–H groups in total. The van der Waals surface area contributed by atoms with Gasteiger partial charge in [0.25, 0.3) is 5.92 Å². The van der Waals surface area contributed by atoms with Gasteiger partial charge in [-0.25, -0.2) is 22.9 Å². The van der Waals surface area contributed by atoms with Gasteiger partial charge in [-0.15, -0.1) is 0 Å². The second-order valence-electron chi connectivity index (χ2n) is 9.22. The lowest BCUT2D eigenvalue weighted by atomic mass is 9.87. The third-order valence-electron chi connectivity index (χ3n) is 6.76. The highest BCUT2D eigenvalue weighted by molar-refractivity contribution is 5.86. The third kappa shape index (κ3) is 3.28. The van der Waals surface area contributed by atoms with Crippen molar-refractivity contribution < 1.29 is 13.2 Å². The second-order valence-corrected chi connectivity index (χ2v) is 9.22. The van der Waals surface area contributed by atoms with E-state index in [0.29, 0.717) is 28.1 Å². The molecule has 0 bridgehead atoms. The van der Waals surface area contributed by atoms with Crippen molar-refractivity contribution in [2.75, 3.05) is 18.0 Å². The second kappa shape index (κ2) is 7.06. The third-order valence-corrected chi connectivity index (χ3v) is 6.76. The van der Waals surface area contributed by atoms with E-state index in [1.165, 1.54) is 27.9 Å². The molecule has 1 aromatic carbocycles. The minimum atomic E-state index is -2.81. The summed E-state index contributed by atoms with van der Waals surface area (Å²) < 4.78 is 44.5. The number of nitrogens with one attached hydrogen (secondary N) is 1. The van der Waals surface area contributed by atoms with E-state index in [-0.39, 0.29) is 23.5 Å². The Bertz CT molecular complexity index is 1420. The first kappa shape index (κ1) is 20.3. The molecule has 2 aliphatic rings. The number of aromatic amines is 1. The number of nitrogens with zero attached hydrogens (tertiary/aromatic N) is 6. The zero-order chi connectivity index (χ0) is 22.9. The molecule has 3 aromatic heterocycles. The molecule has 172 valence electrons. The fourth-order valence-electron chi connectivity index (χ4n) is 4.95. The van der Waals surface area contributed by atoms with Crippen molar-refractivity contribution in [2.45, 2.75) is 44.6 Å². The lowest BCUT2D eigenvalue weighted by Gasteiger charge is -2.39. The Morgan fingerprint density at radius 2 is 1.88 bits per heavy atom. The standard InChI is InChI=1S/C22H22F3N7O/c1-12-2-5-14(6-3-12)32-19-17(27-21(32)33)18(30-9-22(24,25)10-30)28-20(29-19)31-11-26-15-7-4-13(23)8-16(15)31/h4,7-8,11-12,14H,2-3,5-6,9-10H2,1H3,(H,27,33). The first-order valence-electron chi connectivity index (χ1n) is 11.1. The van der Waals surface area contributed by atoms with E-state index in [2.05, 4.69) is 26.9 Å². The summed E-state index contributed by atoms with van der Waals surface area (Å²) >= 11 is 0. The van der Waals surface area contributed by atoms with Crippen molar-refractivity contribution in [1.82, 2.24) is 29.1 Å². The Labute approximate surface area is 186 Å². The largest absolute Gasteiger partial charge is 0.342 e. The van der Waals surface area contributed by atoms with Gasteiger partial charge in [-0.1, -0.05) is 6.92 Å². The Morgan fingerprint density at radius 1 is 1.12 bits per heavy atom. The summed E-state index contributed by atoms with van der Waals surface area (Å²) in [5, 5.41) is 0. The molecule has 2 fully saturated rings. The van der Waals surface area contributed by atoms with Crippen LogP contribution in [0, 0.1) is 11.7 Å². The van der Waals surface area contributed by atoms with E-state index in [1.807, 2.05) is 0 Å². The maximum absolute atomic E-state index is 13.9. The summed E-state index contributed by atoms with van der Waals surface area (Å²) in [5.74, 6) is -2.27. The first-order chi connectivity index (χ1) is 15.8. The summed E-state index contributed by atoms with van der Waals surface area (Å²) in [5.41, 5.74) is 1.38. The van der Waals surface area contributed by atoms with Crippen LogP contribution in [-0.4, -0.2) is 48.1 Å². The molecule has 0 radical (unpaired) electrons. The Kier molecular flexibility index (Phi) is 4.33. The van der Waals surface area contributed by atoms with E-state index in [1.54, 1.807) is 10.6 Å². The molecule has 1 saturated carbocycles. The average molecular weight is 457 g/mol. The van der Waals surface area contributed by atoms with Crippen LogP contribution in [-0.2, 0) is 0 Å². The SMILES string of the molecule is CC1CCC(n2c(=O)[nH]c3c(N4CC(F)(F)C4)nc(-n4cnc5ccc(F)cc54)nc32)CC1. The van der Waals surface area contributed by atoms with E-state index in [0.717, 1.165) is 25.7 Å². The van der Waals surface area contributed by atoms with Gasteiger partial charge in [0.05, 0.1) is 24.1 Å². The van der Waals surface area contributed by atoms with Crippen LogP contribution in [0.15, 0.2) is 29.3 Å². The van der Waals surface area contributed by atoms with Crippen LogP contribution in [0.25, 0.3) is 28.1 Å². The molecule has 33 heavy (non-hydrogen) atoms. The lowest BCUT2D eigenvalue weighted by molar-refractivity contribution is -0.0265. The predicted molar refractivity (Wildman–Crippen MR) is 117 cm³/mol. The zero-order valence-corrected chi connectivity index (χ0v) is 17.9. The number of benzene rings is 1. The van der Waals surface area contributed by atoms with Crippen molar-refractivity contribution in [3.8, 4) is 5.95 Å². The molecule has 1 aliphatic carbocycles. The van der Waals surface area contributed by atoms with Crippen molar-refractivity contribution in [3.63, 3.8) is 0 Å². The van der Waals surface area contributed by atoms with Gasteiger partial charge in [0.1, 0.15) is 17.7 Å². The fraction of sp³-hybridized carbons (Fsp3) is 0.455. The molecule has 6 rings (SSSR count). The van der Waals surface area contributed by atoms with Crippen LogP contribution in [0.4, 0.5) is 19.0 Å². The molecule has 11 heteroatoms. The number of H-pyrrole nitrogens is 1. The van der Waals surface area contributed by atoms with Gasteiger partial charge in [-0.3, -0.25) is 9.13 Å². The van der Waals surface area contributed by atoms with Gasteiger partial charge in [0, 0.05) is 12.1 Å². The van der Waals surface area contributed by atoms with Gasteiger partial charge in [-0.2, -0.15) is 9.97 Å². The van der Waals surface area contributed by atoms with Crippen LogP contribution >= 0.6 is 0 Å². The normalized spacial score (nSPS) is 22.7. The number of aromatic nitrogens is 6. The van der Waals surface area contributed by atoms with Crippen LogP contribution < -0.4 is 10.6 Å². The van der Waals surface area contributed by atoms with E-state index >= 15 is 0 Å². The number of halogens is 3.